The van der Waals surface area contributed by atoms with E-state index in [-0.39, 0.29) is 19.2 Å². The van der Waals surface area contributed by atoms with Crippen molar-refractivity contribution in [2.24, 2.45) is 0 Å². The summed E-state index contributed by atoms with van der Waals surface area (Å²) in [5.41, 5.74) is 5.64. The molecule has 264 valence electrons. The van der Waals surface area contributed by atoms with E-state index in [2.05, 4.69) is 34.5 Å². The van der Waals surface area contributed by atoms with Crippen LogP contribution in [0.2, 0.25) is 0 Å². The van der Waals surface area contributed by atoms with E-state index < -0.39 is 29.2 Å². The van der Waals surface area contributed by atoms with Gasteiger partial charge in [0.05, 0.1) is 5.69 Å². The highest BCUT2D eigenvalue weighted by Crippen LogP contribution is 2.28. The topological polar surface area (TPSA) is 85.3 Å². The van der Waals surface area contributed by atoms with Crippen LogP contribution < -0.4 is 5.32 Å². The number of carbonyl (C=O) groups excluding carboxylic acids is 1. The smallest absolute Gasteiger partial charge is 0.411 e. The summed E-state index contributed by atoms with van der Waals surface area (Å²) in [6.07, 6.45) is 2.54. The summed E-state index contributed by atoms with van der Waals surface area (Å²) in [5, 5.41) is 22.7. The number of likely N-dealkylation sites (tertiary alicyclic amines) is 1. The molecule has 0 unspecified atom stereocenters. The molecule has 5 aromatic rings. The number of para-hydroxylation sites is 1. The number of phenolic OH excluding ortho intramolecular Hbond substituents is 2. The maximum atomic E-state index is 14.6. The van der Waals surface area contributed by atoms with Crippen LogP contribution in [0, 0.1) is 11.6 Å². The Kier molecular flexibility index (Phi) is 11.9. The summed E-state index contributed by atoms with van der Waals surface area (Å²) in [6.45, 7) is 3.46. The van der Waals surface area contributed by atoms with Gasteiger partial charge in [0.25, 0.3) is 0 Å². The second-order valence-electron chi connectivity index (χ2n) is 13.0. The van der Waals surface area contributed by atoms with Gasteiger partial charge in [-0.1, -0.05) is 97.1 Å². The van der Waals surface area contributed by atoms with E-state index in [1.54, 1.807) is 24.3 Å². The highest BCUT2D eigenvalue weighted by molar-refractivity contribution is 5.91. The van der Waals surface area contributed by atoms with Gasteiger partial charge in [0.1, 0.15) is 6.10 Å². The van der Waals surface area contributed by atoms with E-state index in [9.17, 15) is 23.8 Å². The number of rotatable bonds is 13. The number of amides is 1. The van der Waals surface area contributed by atoms with Crippen LogP contribution in [0.3, 0.4) is 0 Å². The van der Waals surface area contributed by atoms with Crippen molar-refractivity contribution in [3.63, 3.8) is 0 Å². The first-order chi connectivity index (χ1) is 24.8. The summed E-state index contributed by atoms with van der Waals surface area (Å²) in [5.74, 6) is -2.22. The Morgan fingerprint density at radius 2 is 1.29 bits per heavy atom. The van der Waals surface area contributed by atoms with E-state index in [0.717, 1.165) is 61.3 Å². The number of nitrogens with one attached hydrogen (secondary N) is 1. The SMILES string of the molecule is O=C(Nc1ccccc1-c1ccccc1)OC1CCN(CCc2ccc(CCN(Cc3cccc(O)c3F)Cc3cccc(O)c3F)cc2)CC1. The summed E-state index contributed by atoms with van der Waals surface area (Å²) < 4.78 is 35.1. The van der Waals surface area contributed by atoms with E-state index in [4.69, 9.17) is 4.74 Å². The van der Waals surface area contributed by atoms with Crippen molar-refractivity contribution in [2.75, 3.05) is 31.5 Å². The second kappa shape index (κ2) is 17.1. The quantitative estimate of drug-likeness (QED) is 0.115. The second-order valence-corrected chi connectivity index (χ2v) is 13.0. The van der Waals surface area contributed by atoms with Gasteiger partial charge in [0.15, 0.2) is 23.1 Å². The molecule has 1 aliphatic heterocycles. The lowest BCUT2D eigenvalue weighted by atomic mass is 10.0. The Morgan fingerprint density at radius 1 is 0.725 bits per heavy atom. The molecule has 0 radical (unpaired) electrons. The lowest BCUT2D eigenvalue weighted by Gasteiger charge is -2.31. The third-order valence-corrected chi connectivity index (χ3v) is 9.42. The molecule has 51 heavy (non-hydrogen) atoms. The van der Waals surface area contributed by atoms with Gasteiger partial charge in [-0.25, -0.2) is 13.6 Å². The highest BCUT2D eigenvalue weighted by atomic mass is 19.1. The van der Waals surface area contributed by atoms with Gasteiger partial charge in [-0.3, -0.25) is 10.2 Å². The maximum Gasteiger partial charge on any atom is 0.411 e. The molecule has 0 aromatic heterocycles. The average molecular weight is 692 g/mol. The summed E-state index contributed by atoms with van der Waals surface area (Å²) in [4.78, 5) is 17.1. The van der Waals surface area contributed by atoms with Gasteiger partial charge in [-0.05, 0) is 60.6 Å². The average Bonchev–Trinajstić information content (AvgIpc) is 3.15. The fourth-order valence-electron chi connectivity index (χ4n) is 6.52. The lowest BCUT2D eigenvalue weighted by molar-refractivity contribution is 0.0593. The zero-order chi connectivity index (χ0) is 35.6. The zero-order valence-electron chi connectivity index (χ0n) is 28.5. The number of ether oxygens (including phenoxy) is 1. The van der Waals surface area contributed by atoms with Crippen molar-refractivity contribution < 1.29 is 28.5 Å². The molecule has 3 N–H and O–H groups in total. The van der Waals surface area contributed by atoms with Crippen molar-refractivity contribution >= 4 is 11.8 Å². The Bertz CT molecular complexity index is 1840. The number of aromatic hydroxyl groups is 2. The molecular formula is C42H43F2N3O4. The standard InChI is InChI=1S/C42H43F2N3O4/c43-40-33(10-6-14-38(40)48)28-47(29-34-11-7-15-39(49)41(34)44)25-21-31-18-16-30(17-19-31)20-24-46-26-22-35(23-27-46)51-42(50)45-37-13-5-4-12-36(37)32-8-2-1-3-9-32/h1-19,35,48-49H,20-29H2,(H,45,50). The first kappa shape index (κ1) is 35.6. The van der Waals surface area contributed by atoms with Gasteiger partial charge in [-0.2, -0.15) is 0 Å². The van der Waals surface area contributed by atoms with Crippen LogP contribution in [0.1, 0.15) is 35.1 Å². The van der Waals surface area contributed by atoms with Crippen molar-refractivity contribution in [2.45, 2.75) is 44.9 Å². The van der Waals surface area contributed by atoms with E-state index in [0.29, 0.717) is 24.1 Å². The number of phenols is 2. The van der Waals surface area contributed by atoms with Crippen LogP contribution in [-0.4, -0.2) is 58.4 Å². The van der Waals surface area contributed by atoms with Crippen LogP contribution in [0.4, 0.5) is 19.3 Å². The molecule has 1 amide bonds. The Balaban J connectivity index is 0.960. The molecule has 0 aliphatic carbocycles. The predicted molar refractivity (Wildman–Crippen MR) is 196 cm³/mol. The summed E-state index contributed by atoms with van der Waals surface area (Å²) >= 11 is 0. The van der Waals surface area contributed by atoms with Gasteiger partial charge >= 0.3 is 6.09 Å². The minimum atomic E-state index is -0.689. The van der Waals surface area contributed by atoms with E-state index >= 15 is 0 Å². The van der Waals surface area contributed by atoms with Crippen LogP contribution in [0.25, 0.3) is 11.1 Å². The fourth-order valence-corrected chi connectivity index (χ4v) is 6.52. The molecule has 1 saturated heterocycles. The normalized spacial score (nSPS) is 13.7. The molecule has 0 spiro atoms. The van der Waals surface area contributed by atoms with Crippen LogP contribution in [-0.2, 0) is 30.7 Å². The third kappa shape index (κ3) is 9.72. The van der Waals surface area contributed by atoms with Crippen molar-refractivity contribution in [3.8, 4) is 22.6 Å². The van der Waals surface area contributed by atoms with Gasteiger partial charge in [0.2, 0.25) is 0 Å². The first-order valence-electron chi connectivity index (χ1n) is 17.4. The van der Waals surface area contributed by atoms with E-state index in [1.807, 2.05) is 59.5 Å². The van der Waals surface area contributed by atoms with Crippen molar-refractivity contribution in [3.05, 3.63) is 149 Å². The Morgan fingerprint density at radius 3 is 1.92 bits per heavy atom. The highest BCUT2D eigenvalue weighted by Gasteiger charge is 2.23. The minimum Gasteiger partial charge on any atom is -0.505 e. The molecule has 1 heterocycles. The molecule has 6 rings (SSSR count). The number of piperidine rings is 1. The van der Waals surface area contributed by atoms with Crippen molar-refractivity contribution in [1.82, 2.24) is 9.80 Å². The molecule has 7 nitrogen and oxygen atoms in total. The minimum absolute atomic E-state index is 0.128. The van der Waals surface area contributed by atoms with Crippen LogP contribution in [0.15, 0.2) is 115 Å². The lowest BCUT2D eigenvalue weighted by Crippen LogP contribution is -2.39. The third-order valence-electron chi connectivity index (χ3n) is 9.42. The largest absolute Gasteiger partial charge is 0.505 e. The molecule has 1 fully saturated rings. The molecule has 0 atom stereocenters. The molecular weight excluding hydrogens is 648 g/mol. The molecule has 0 saturated carbocycles. The Hall–Kier alpha value is -5.25. The molecule has 9 heteroatoms. The van der Waals surface area contributed by atoms with Gasteiger partial charge < -0.3 is 19.8 Å². The number of anilines is 1. The predicted octanol–water partition coefficient (Wildman–Crippen LogP) is 8.54. The number of nitrogens with zero attached hydrogens (tertiary/aromatic N) is 2. The maximum absolute atomic E-state index is 14.6. The number of hydrogen-bond donors (Lipinski definition) is 3. The monoisotopic (exact) mass is 691 g/mol. The van der Waals surface area contributed by atoms with Crippen LogP contribution >= 0.6 is 0 Å². The van der Waals surface area contributed by atoms with E-state index in [1.165, 1.54) is 17.7 Å². The fraction of sp³-hybridized carbons (Fsp3) is 0.262. The Labute approximate surface area is 297 Å². The number of halogens is 2. The first-order valence-corrected chi connectivity index (χ1v) is 17.4. The van der Waals surface area contributed by atoms with Crippen molar-refractivity contribution in [1.29, 1.82) is 0 Å². The number of benzene rings is 5. The molecule has 1 aliphatic rings. The number of hydrogen-bond acceptors (Lipinski definition) is 6. The van der Waals surface area contributed by atoms with Crippen LogP contribution in [0.5, 0.6) is 11.5 Å². The van der Waals surface area contributed by atoms with Gasteiger partial charge in [0, 0.05) is 56.0 Å². The molecule has 5 aromatic carbocycles. The molecule has 0 bridgehead atoms. The zero-order valence-corrected chi connectivity index (χ0v) is 28.5. The number of carbonyl (C=O) groups is 1. The summed E-state index contributed by atoms with van der Waals surface area (Å²) in [6, 6.07) is 35.1. The van der Waals surface area contributed by atoms with Gasteiger partial charge in [-0.15, -0.1) is 0 Å². The summed E-state index contributed by atoms with van der Waals surface area (Å²) in [7, 11) is 0.